The van der Waals surface area contributed by atoms with Crippen LogP contribution in [-0.2, 0) is 9.53 Å². The van der Waals surface area contributed by atoms with Crippen LogP contribution >= 0.6 is 11.6 Å². The van der Waals surface area contributed by atoms with Gasteiger partial charge in [0.05, 0.1) is 17.5 Å². The Morgan fingerprint density at radius 1 is 1.16 bits per heavy atom. The van der Waals surface area contributed by atoms with Crippen LogP contribution < -0.4 is 4.90 Å². The third-order valence-electron chi connectivity index (χ3n) is 3.31. The minimum absolute atomic E-state index is 0.0955. The first-order valence-corrected chi connectivity index (χ1v) is 7.76. The number of ether oxygens (including phenoxy) is 1. The minimum atomic E-state index is -1.02. The molecule has 0 spiro atoms. The number of hydrogen-bond donors (Lipinski definition) is 0. The van der Waals surface area contributed by atoms with Crippen molar-refractivity contribution in [1.29, 1.82) is 5.26 Å². The number of benzene rings is 2. The topological polar surface area (TPSA) is 70.4 Å². The van der Waals surface area contributed by atoms with Gasteiger partial charge in [0.25, 0.3) is 5.91 Å². The molecular formula is C18H14ClFN2O3. The molecule has 0 bridgehead atoms. The van der Waals surface area contributed by atoms with E-state index < -0.39 is 29.9 Å². The maximum atomic E-state index is 13.7. The Kier molecular flexibility index (Phi) is 6.49. The quantitative estimate of drug-likeness (QED) is 0.738. The lowest BCUT2D eigenvalue weighted by molar-refractivity contribution is -0.121. The number of nitrogens with zero attached hydrogens (tertiary/aromatic N) is 2. The largest absolute Gasteiger partial charge is 0.452 e. The SMILES string of the molecule is N#CCCN(C(=O)COC(=O)c1c(F)cccc1Cl)c1ccccc1. The minimum Gasteiger partial charge on any atom is -0.452 e. The second kappa shape index (κ2) is 8.81. The van der Waals surface area contributed by atoms with Gasteiger partial charge in [-0.2, -0.15) is 5.26 Å². The predicted octanol–water partition coefficient (Wildman–Crippen LogP) is 3.58. The summed E-state index contributed by atoms with van der Waals surface area (Å²) in [6, 6.07) is 14.4. The number of carbonyl (C=O) groups excluding carboxylic acids is 2. The molecule has 2 aromatic carbocycles. The van der Waals surface area contributed by atoms with Crippen molar-refractivity contribution in [3.05, 3.63) is 64.9 Å². The number of anilines is 1. The van der Waals surface area contributed by atoms with Gasteiger partial charge in [-0.25, -0.2) is 9.18 Å². The molecule has 0 heterocycles. The van der Waals surface area contributed by atoms with E-state index in [1.54, 1.807) is 30.3 Å². The molecule has 0 aliphatic carbocycles. The molecular weight excluding hydrogens is 347 g/mol. The number of amides is 1. The van der Waals surface area contributed by atoms with Crippen LogP contribution in [0.3, 0.4) is 0 Å². The van der Waals surface area contributed by atoms with Gasteiger partial charge in [-0.05, 0) is 24.3 Å². The van der Waals surface area contributed by atoms with E-state index in [1.165, 1.54) is 17.0 Å². The van der Waals surface area contributed by atoms with Crippen molar-refractivity contribution < 1.29 is 18.7 Å². The summed E-state index contributed by atoms with van der Waals surface area (Å²) in [6.07, 6.45) is 0.119. The second-order valence-electron chi connectivity index (χ2n) is 4.96. The first-order chi connectivity index (χ1) is 12.0. The van der Waals surface area contributed by atoms with E-state index in [4.69, 9.17) is 21.6 Å². The summed E-state index contributed by atoms with van der Waals surface area (Å²) in [6.45, 7) is -0.443. The van der Waals surface area contributed by atoms with Crippen LogP contribution in [0.1, 0.15) is 16.8 Å². The molecule has 0 atom stereocenters. The molecule has 7 heteroatoms. The molecule has 2 aromatic rings. The molecule has 0 saturated heterocycles. The Morgan fingerprint density at radius 3 is 2.52 bits per heavy atom. The molecule has 0 unspecified atom stereocenters. The maximum Gasteiger partial charge on any atom is 0.343 e. The highest BCUT2D eigenvalue weighted by Gasteiger charge is 2.21. The molecule has 0 aliphatic rings. The van der Waals surface area contributed by atoms with Crippen LogP contribution in [0.15, 0.2) is 48.5 Å². The van der Waals surface area contributed by atoms with Gasteiger partial charge < -0.3 is 9.64 Å². The lowest BCUT2D eigenvalue weighted by Gasteiger charge is -2.21. The Balaban J connectivity index is 2.08. The van der Waals surface area contributed by atoms with E-state index in [0.29, 0.717) is 5.69 Å². The number of para-hydroxylation sites is 1. The highest BCUT2D eigenvalue weighted by Crippen LogP contribution is 2.20. The fourth-order valence-electron chi connectivity index (χ4n) is 2.14. The Hall–Kier alpha value is -2.91. The van der Waals surface area contributed by atoms with Gasteiger partial charge in [-0.3, -0.25) is 4.79 Å². The van der Waals surface area contributed by atoms with Gasteiger partial charge in [0, 0.05) is 12.2 Å². The summed E-state index contributed by atoms with van der Waals surface area (Å²) in [5, 5.41) is 8.65. The number of carbonyl (C=O) groups is 2. The zero-order chi connectivity index (χ0) is 18.2. The zero-order valence-electron chi connectivity index (χ0n) is 13.1. The summed E-state index contributed by atoms with van der Waals surface area (Å²) in [5.74, 6) is -2.37. The molecule has 0 aromatic heterocycles. The maximum absolute atomic E-state index is 13.7. The van der Waals surface area contributed by atoms with Crippen molar-refractivity contribution in [2.24, 2.45) is 0 Å². The predicted molar refractivity (Wildman–Crippen MR) is 90.7 cm³/mol. The Bertz CT molecular complexity index is 785. The molecule has 0 saturated carbocycles. The van der Waals surface area contributed by atoms with E-state index in [9.17, 15) is 14.0 Å². The molecule has 0 aliphatic heterocycles. The number of hydrogen-bond acceptors (Lipinski definition) is 4. The molecule has 0 N–H and O–H groups in total. The normalized spacial score (nSPS) is 9.96. The fourth-order valence-corrected chi connectivity index (χ4v) is 2.38. The number of nitriles is 1. The van der Waals surface area contributed by atoms with Gasteiger partial charge in [0.1, 0.15) is 11.4 Å². The molecule has 5 nitrogen and oxygen atoms in total. The highest BCUT2D eigenvalue weighted by atomic mass is 35.5. The van der Waals surface area contributed by atoms with Crippen LogP contribution in [-0.4, -0.2) is 25.0 Å². The number of esters is 1. The Morgan fingerprint density at radius 2 is 1.88 bits per heavy atom. The molecule has 128 valence electrons. The van der Waals surface area contributed by atoms with Gasteiger partial charge >= 0.3 is 5.97 Å². The van der Waals surface area contributed by atoms with Crippen molar-refractivity contribution in [2.45, 2.75) is 6.42 Å². The van der Waals surface area contributed by atoms with Crippen LogP contribution in [0.25, 0.3) is 0 Å². The third-order valence-corrected chi connectivity index (χ3v) is 3.62. The summed E-state index contributed by atoms with van der Waals surface area (Å²) in [7, 11) is 0. The lowest BCUT2D eigenvalue weighted by atomic mass is 10.2. The standard InChI is InChI=1S/C18H14ClFN2O3/c19-14-8-4-9-15(20)17(14)18(24)25-12-16(23)22(11-5-10-21)13-6-2-1-3-7-13/h1-4,6-9H,5,11-12H2. The highest BCUT2D eigenvalue weighted by molar-refractivity contribution is 6.33. The van der Waals surface area contributed by atoms with Gasteiger partial charge in [0.2, 0.25) is 0 Å². The first kappa shape index (κ1) is 18.4. The van der Waals surface area contributed by atoms with Crippen LogP contribution in [0.4, 0.5) is 10.1 Å². The van der Waals surface area contributed by atoms with Crippen molar-refractivity contribution in [3.8, 4) is 6.07 Å². The van der Waals surface area contributed by atoms with E-state index in [1.807, 2.05) is 6.07 Å². The second-order valence-corrected chi connectivity index (χ2v) is 5.37. The smallest absolute Gasteiger partial charge is 0.343 e. The number of rotatable bonds is 6. The van der Waals surface area contributed by atoms with E-state index >= 15 is 0 Å². The van der Waals surface area contributed by atoms with Crippen LogP contribution in [0.5, 0.6) is 0 Å². The average molecular weight is 361 g/mol. The van der Waals surface area contributed by atoms with E-state index in [-0.39, 0.29) is 18.0 Å². The van der Waals surface area contributed by atoms with Crippen LogP contribution in [0, 0.1) is 17.1 Å². The van der Waals surface area contributed by atoms with Gasteiger partial charge in [-0.1, -0.05) is 35.9 Å². The summed E-state index contributed by atoms with van der Waals surface area (Å²) in [5.41, 5.74) is 0.156. The third kappa shape index (κ3) is 4.78. The Labute approximate surface area is 149 Å². The van der Waals surface area contributed by atoms with Crippen LogP contribution in [0.2, 0.25) is 5.02 Å². The molecule has 0 radical (unpaired) electrons. The first-order valence-electron chi connectivity index (χ1n) is 7.38. The fraction of sp³-hybridized carbons (Fsp3) is 0.167. The summed E-state index contributed by atoms with van der Waals surface area (Å²) >= 11 is 5.79. The zero-order valence-corrected chi connectivity index (χ0v) is 13.9. The van der Waals surface area contributed by atoms with Gasteiger partial charge in [0.15, 0.2) is 6.61 Å². The van der Waals surface area contributed by atoms with Crippen molar-refractivity contribution in [2.75, 3.05) is 18.1 Å². The lowest BCUT2D eigenvalue weighted by Crippen LogP contribution is -2.35. The van der Waals surface area contributed by atoms with Crippen molar-refractivity contribution >= 4 is 29.2 Å². The molecule has 0 fully saturated rings. The van der Waals surface area contributed by atoms with Crippen molar-refractivity contribution in [3.63, 3.8) is 0 Å². The summed E-state index contributed by atoms with van der Waals surface area (Å²) in [4.78, 5) is 25.7. The molecule has 1 amide bonds. The molecule has 25 heavy (non-hydrogen) atoms. The van der Waals surface area contributed by atoms with Gasteiger partial charge in [-0.15, -0.1) is 0 Å². The van der Waals surface area contributed by atoms with Crippen molar-refractivity contribution in [1.82, 2.24) is 0 Å². The monoisotopic (exact) mass is 360 g/mol. The summed E-state index contributed by atoms with van der Waals surface area (Å²) < 4.78 is 18.6. The number of halogens is 2. The van der Waals surface area contributed by atoms with E-state index in [0.717, 1.165) is 6.07 Å². The average Bonchev–Trinajstić information content (AvgIpc) is 2.61. The van der Waals surface area contributed by atoms with E-state index in [2.05, 4.69) is 0 Å². The molecule has 2 rings (SSSR count).